The second-order valence-electron chi connectivity index (χ2n) is 8.95. The average Bonchev–Trinajstić information content (AvgIpc) is 3.36. The molecule has 1 N–H and O–H groups in total. The van der Waals surface area contributed by atoms with E-state index in [0.29, 0.717) is 35.0 Å². The quantitative estimate of drug-likeness (QED) is 0.379. The fourth-order valence-corrected chi connectivity index (χ4v) is 5.06. The van der Waals surface area contributed by atoms with Crippen LogP contribution in [0.25, 0.3) is 17.3 Å². The monoisotopic (exact) mass is 518 g/mol. The van der Waals surface area contributed by atoms with E-state index in [1.54, 1.807) is 11.0 Å². The number of hydrogen-bond donors (Lipinski definition) is 1. The van der Waals surface area contributed by atoms with Crippen molar-refractivity contribution in [3.63, 3.8) is 0 Å². The summed E-state index contributed by atoms with van der Waals surface area (Å²) < 4.78 is 5.69. The second kappa shape index (κ2) is 9.10. The Morgan fingerprint density at radius 3 is 2.44 bits per heavy atom. The zero-order valence-corrected chi connectivity index (χ0v) is 20.9. The Kier molecular flexibility index (Phi) is 6.51. The molecule has 0 aliphatic carbocycles. The molecule has 2 aromatic carbocycles. The molecule has 0 radical (unpaired) electrons. The predicted molar refractivity (Wildman–Crippen MR) is 134 cm³/mol. The molecule has 0 unspecified atom stereocenters. The number of fused-ring (bicyclic) bond motifs is 1. The summed E-state index contributed by atoms with van der Waals surface area (Å²) in [7, 11) is 0. The molecule has 34 heavy (non-hydrogen) atoms. The molecule has 0 spiro atoms. The number of aliphatic carboxylic acids is 1. The number of carbonyl (C=O) groups excluding carboxylic acids is 1. The van der Waals surface area contributed by atoms with Crippen LogP contribution in [0.4, 0.5) is 5.69 Å². The van der Waals surface area contributed by atoms with Crippen molar-refractivity contribution in [1.82, 2.24) is 5.16 Å². The van der Waals surface area contributed by atoms with Gasteiger partial charge < -0.3 is 14.5 Å². The van der Waals surface area contributed by atoms with Crippen LogP contribution in [0.2, 0.25) is 15.1 Å². The maximum atomic E-state index is 14.0. The van der Waals surface area contributed by atoms with E-state index in [2.05, 4.69) is 5.16 Å². The number of carboxylic acid groups (broad SMARTS) is 1. The van der Waals surface area contributed by atoms with Crippen LogP contribution in [-0.4, -0.2) is 28.7 Å². The SMILES string of the molecule is CC(C)(C)c1onc(-c2c(Cl)cc(Cl)cc2Cl)c1C(=O)N1CCc2c(/C=C/C(=O)O)cccc21. The Morgan fingerprint density at radius 2 is 1.82 bits per heavy atom. The van der Waals surface area contributed by atoms with Gasteiger partial charge in [0.2, 0.25) is 0 Å². The van der Waals surface area contributed by atoms with Crippen LogP contribution < -0.4 is 4.90 Å². The summed E-state index contributed by atoms with van der Waals surface area (Å²) in [5, 5.41) is 14.1. The lowest BCUT2D eigenvalue weighted by atomic mass is 9.88. The average molecular weight is 520 g/mol. The molecule has 1 aliphatic heterocycles. The maximum Gasteiger partial charge on any atom is 0.328 e. The number of benzene rings is 2. The molecule has 1 amide bonds. The number of carbonyl (C=O) groups is 2. The summed E-state index contributed by atoms with van der Waals surface area (Å²) in [5.74, 6) is -0.935. The summed E-state index contributed by atoms with van der Waals surface area (Å²) in [5.41, 5.74) is 2.71. The van der Waals surface area contributed by atoms with Crippen molar-refractivity contribution < 1.29 is 19.2 Å². The van der Waals surface area contributed by atoms with Gasteiger partial charge in [-0.05, 0) is 41.8 Å². The van der Waals surface area contributed by atoms with E-state index in [1.807, 2.05) is 32.9 Å². The molecule has 4 rings (SSSR count). The van der Waals surface area contributed by atoms with Crippen LogP contribution in [0.3, 0.4) is 0 Å². The molecule has 3 aromatic rings. The normalized spacial score (nSPS) is 13.5. The molecule has 9 heteroatoms. The second-order valence-corrected chi connectivity index (χ2v) is 10.2. The van der Waals surface area contributed by atoms with E-state index < -0.39 is 11.4 Å². The first-order valence-electron chi connectivity index (χ1n) is 10.5. The largest absolute Gasteiger partial charge is 0.478 e. The minimum atomic E-state index is -1.04. The first-order chi connectivity index (χ1) is 16.0. The van der Waals surface area contributed by atoms with E-state index in [1.165, 1.54) is 18.2 Å². The molecule has 0 saturated carbocycles. The summed E-state index contributed by atoms with van der Waals surface area (Å²) in [6.45, 7) is 6.19. The zero-order valence-electron chi connectivity index (χ0n) is 18.7. The highest BCUT2D eigenvalue weighted by molar-refractivity contribution is 6.42. The third kappa shape index (κ3) is 4.45. The van der Waals surface area contributed by atoms with Gasteiger partial charge in [0.05, 0.1) is 10.0 Å². The number of carboxylic acids is 1. The van der Waals surface area contributed by atoms with Crippen molar-refractivity contribution in [3.8, 4) is 11.3 Å². The van der Waals surface area contributed by atoms with Gasteiger partial charge in [0.1, 0.15) is 11.3 Å². The van der Waals surface area contributed by atoms with Crippen molar-refractivity contribution in [3.05, 3.63) is 73.9 Å². The van der Waals surface area contributed by atoms with Gasteiger partial charge >= 0.3 is 5.97 Å². The third-order valence-electron chi connectivity index (χ3n) is 5.55. The topological polar surface area (TPSA) is 83.6 Å². The summed E-state index contributed by atoms with van der Waals surface area (Å²) in [4.78, 5) is 26.6. The highest BCUT2D eigenvalue weighted by atomic mass is 35.5. The zero-order chi connectivity index (χ0) is 24.8. The van der Waals surface area contributed by atoms with Crippen molar-refractivity contribution in [2.75, 3.05) is 11.4 Å². The van der Waals surface area contributed by atoms with Gasteiger partial charge in [-0.3, -0.25) is 4.79 Å². The van der Waals surface area contributed by atoms with Gasteiger partial charge in [0, 0.05) is 34.3 Å². The van der Waals surface area contributed by atoms with E-state index in [-0.39, 0.29) is 27.2 Å². The van der Waals surface area contributed by atoms with E-state index in [4.69, 9.17) is 44.4 Å². The molecule has 2 heterocycles. The number of nitrogens with zero attached hydrogens (tertiary/aromatic N) is 2. The third-order valence-corrected chi connectivity index (χ3v) is 6.36. The highest BCUT2D eigenvalue weighted by Gasteiger charge is 2.37. The number of halogens is 3. The van der Waals surface area contributed by atoms with E-state index in [9.17, 15) is 9.59 Å². The van der Waals surface area contributed by atoms with Crippen molar-refractivity contribution in [1.29, 1.82) is 0 Å². The fourth-order valence-electron chi connectivity index (χ4n) is 4.06. The minimum Gasteiger partial charge on any atom is -0.478 e. The number of rotatable bonds is 4. The van der Waals surface area contributed by atoms with Gasteiger partial charge in [0.25, 0.3) is 5.91 Å². The van der Waals surface area contributed by atoms with Gasteiger partial charge in [-0.25, -0.2) is 4.79 Å². The predicted octanol–water partition coefficient (Wildman–Crippen LogP) is 6.90. The lowest BCUT2D eigenvalue weighted by molar-refractivity contribution is -0.131. The van der Waals surface area contributed by atoms with Crippen LogP contribution in [0.5, 0.6) is 0 Å². The summed E-state index contributed by atoms with van der Waals surface area (Å²) in [6, 6.07) is 8.53. The fraction of sp³-hybridized carbons (Fsp3) is 0.240. The molecule has 0 atom stereocenters. The Morgan fingerprint density at radius 1 is 1.15 bits per heavy atom. The van der Waals surface area contributed by atoms with Crippen molar-refractivity contribution in [2.24, 2.45) is 0 Å². The molecule has 0 fully saturated rings. The van der Waals surface area contributed by atoms with E-state index in [0.717, 1.165) is 17.2 Å². The Labute approximate surface area is 211 Å². The van der Waals surface area contributed by atoms with Crippen molar-refractivity contribution in [2.45, 2.75) is 32.6 Å². The number of aromatic nitrogens is 1. The first-order valence-corrected chi connectivity index (χ1v) is 11.6. The minimum absolute atomic E-state index is 0.247. The Balaban J connectivity index is 1.86. The van der Waals surface area contributed by atoms with Gasteiger partial charge in [-0.15, -0.1) is 0 Å². The van der Waals surface area contributed by atoms with Crippen LogP contribution >= 0.6 is 34.8 Å². The standard InChI is InChI=1S/C25H21Cl3N2O4/c1-25(2,3)23-21(22(29-34-23)20-16(27)11-14(26)12-17(20)28)24(33)30-10-9-15-13(7-8-19(31)32)5-4-6-18(15)30/h4-8,11-12H,9-10H2,1-3H3,(H,31,32)/b8-7+. The molecule has 1 aliphatic rings. The number of anilines is 1. The van der Waals surface area contributed by atoms with E-state index >= 15 is 0 Å². The van der Waals surface area contributed by atoms with Crippen LogP contribution in [0, 0.1) is 0 Å². The maximum absolute atomic E-state index is 14.0. The Bertz CT molecular complexity index is 1320. The number of hydrogen-bond acceptors (Lipinski definition) is 4. The Hall–Kier alpha value is -2.80. The smallest absolute Gasteiger partial charge is 0.328 e. The molecule has 0 bridgehead atoms. The lowest BCUT2D eigenvalue weighted by Gasteiger charge is -2.21. The first kappa shape index (κ1) is 24.3. The molecule has 0 saturated heterocycles. The highest BCUT2D eigenvalue weighted by Crippen LogP contribution is 2.43. The molecule has 176 valence electrons. The van der Waals surface area contributed by atoms with Gasteiger partial charge in [-0.1, -0.05) is 72.9 Å². The lowest BCUT2D eigenvalue weighted by Crippen LogP contribution is -2.31. The summed E-state index contributed by atoms with van der Waals surface area (Å²) >= 11 is 19.0. The van der Waals surface area contributed by atoms with Crippen LogP contribution in [0.1, 0.15) is 48.0 Å². The molecular weight excluding hydrogens is 499 g/mol. The van der Waals surface area contributed by atoms with Crippen molar-refractivity contribution >= 4 is 58.4 Å². The summed E-state index contributed by atoms with van der Waals surface area (Å²) in [6.07, 6.45) is 3.20. The molecule has 1 aromatic heterocycles. The van der Waals surface area contributed by atoms with Crippen LogP contribution in [0.15, 0.2) is 40.9 Å². The molecule has 6 nitrogen and oxygen atoms in total. The molecular formula is C25H21Cl3N2O4. The van der Waals surface area contributed by atoms with Gasteiger partial charge in [-0.2, -0.15) is 0 Å². The number of amides is 1. The van der Waals surface area contributed by atoms with Gasteiger partial charge in [0.15, 0.2) is 5.76 Å². The van der Waals surface area contributed by atoms with Crippen LogP contribution in [-0.2, 0) is 16.6 Å².